The molecule has 0 aliphatic carbocycles. The molecule has 0 amide bonds. The van der Waals surface area contributed by atoms with Gasteiger partial charge in [0.15, 0.2) is 0 Å². The third-order valence-corrected chi connectivity index (χ3v) is 3.64. The van der Waals surface area contributed by atoms with E-state index in [2.05, 4.69) is 41.4 Å². The number of fused-ring (bicyclic) bond motifs is 1. The van der Waals surface area contributed by atoms with Crippen LogP contribution in [0.1, 0.15) is 26.5 Å². The molecule has 0 saturated carbocycles. The second kappa shape index (κ2) is 5.87. The summed E-state index contributed by atoms with van der Waals surface area (Å²) < 4.78 is 7.24. The van der Waals surface area contributed by atoms with Gasteiger partial charge in [0, 0.05) is 17.3 Å². The summed E-state index contributed by atoms with van der Waals surface area (Å²) in [5.41, 5.74) is 2.67. The number of nitrogens with one attached hydrogen (secondary N) is 1. The van der Waals surface area contributed by atoms with Crippen LogP contribution < -0.4 is 10.1 Å². The molecule has 2 aromatic heterocycles. The molecule has 0 bridgehead atoms. The van der Waals surface area contributed by atoms with E-state index in [1.165, 1.54) is 0 Å². The lowest BCUT2D eigenvalue weighted by Crippen LogP contribution is -2.22. The van der Waals surface area contributed by atoms with E-state index in [0.29, 0.717) is 6.54 Å². The number of pyridine rings is 1. The first kappa shape index (κ1) is 15.3. The first-order valence-corrected chi connectivity index (χ1v) is 7.56. The van der Waals surface area contributed by atoms with Gasteiger partial charge in [0.1, 0.15) is 17.0 Å². The van der Waals surface area contributed by atoms with Gasteiger partial charge in [-0.05, 0) is 32.9 Å². The Morgan fingerprint density at radius 1 is 1.22 bits per heavy atom. The summed E-state index contributed by atoms with van der Waals surface area (Å²) in [6.07, 6.45) is 3.75. The molecule has 0 radical (unpaired) electrons. The number of hydrogen-bond donors (Lipinski definition) is 1. The summed E-state index contributed by atoms with van der Waals surface area (Å²) in [5, 5.41) is 12.8. The van der Waals surface area contributed by atoms with E-state index < -0.39 is 0 Å². The van der Waals surface area contributed by atoms with Crippen LogP contribution in [-0.4, -0.2) is 27.1 Å². The Morgan fingerprint density at radius 3 is 2.74 bits per heavy atom. The third-order valence-electron chi connectivity index (χ3n) is 3.64. The van der Waals surface area contributed by atoms with Crippen molar-refractivity contribution in [2.75, 3.05) is 12.4 Å². The number of rotatable bonds is 4. The topological polar surface area (TPSA) is 64.9 Å². The maximum atomic E-state index is 5.37. The highest BCUT2D eigenvalue weighted by Crippen LogP contribution is 2.28. The summed E-state index contributed by atoms with van der Waals surface area (Å²) in [5.74, 6) is 0.768. The number of benzene rings is 1. The molecule has 6 nitrogen and oxygen atoms in total. The smallest absolute Gasteiger partial charge is 0.145 e. The minimum atomic E-state index is -0.0675. The molecule has 0 atom stereocenters. The minimum Gasteiger partial charge on any atom is -0.494 e. The molecule has 6 heteroatoms. The van der Waals surface area contributed by atoms with Gasteiger partial charge >= 0.3 is 0 Å². The van der Waals surface area contributed by atoms with Gasteiger partial charge in [0.05, 0.1) is 25.4 Å². The van der Waals surface area contributed by atoms with Crippen LogP contribution in [0.2, 0.25) is 0 Å². The average Bonchev–Trinajstić information content (AvgIpc) is 3.01. The first-order valence-electron chi connectivity index (χ1n) is 7.56. The third kappa shape index (κ3) is 3.11. The molecule has 0 fully saturated rings. The number of anilines is 1. The lowest BCUT2D eigenvalue weighted by atomic mass is 10.1. The predicted molar refractivity (Wildman–Crippen MR) is 90.6 cm³/mol. The molecule has 0 saturated heterocycles. The fourth-order valence-corrected chi connectivity index (χ4v) is 2.36. The van der Waals surface area contributed by atoms with E-state index in [-0.39, 0.29) is 5.54 Å². The van der Waals surface area contributed by atoms with E-state index in [0.717, 1.165) is 28.0 Å². The quantitative estimate of drug-likeness (QED) is 0.801. The van der Waals surface area contributed by atoms with Crippen molar-refractivity contribution in [1.82, 2.24) is 20.0 Å². The van der Waals surface area contributed by atoms with E-state index >= 15 is 0 Å². The van der Waals surface area contributed by atoms with Crippen LogP contribution in [0.25, 0.3) is 10.9 Å². The van der Waals surface area contributed by atoms with Crippen molar-refractivity contribution >= 4 is 16.6 Å². The Balaban J connectivity index is 1.84. The molecule has 0 aliphatic rings. The minimum absolute atomic E-state index is 0.0675. The summed E-state index contributed by atoms with van der Waals surface area (Å²) in [4.78, 5) is 4.41. The molecule has 3 rings (SSSR count). The zero-order valence-corrected chi connectivity index (χ0v) is 13.9. The number of nitrogens with zero attached hydrogens (tertiary/aromatic N) is 4. The van der Waals surface area contributed by atoms with Gasteiger partial charge in [-0.15, -0.1) is 5.10 Å². The predicted octanol–water partition coefficient (Wildman–Crippen LogP) is 3.20. The van der Waals surface area contributed by atoms with Crippen molar-refractivity contribution in [2.45, 2.75) is 32.9 Å². The van der Waals surface area contributed by atoms with Crippen LogP contribution in [0, 0.1) is 0 Å². The molecular formula is C17H21N5O. The van der Waals surface area contributed by atoms with Crippen molar-refractivity contribution in [3.8, 4) is 5.75 Å². The lowest BCUT2D eigenvalue weighted by molar-refractivity contribution is 0.347. The highest BCUT2D eigenvalue weighted by atomic mass is 16.5. The summed E-state index contributed by atoms with van der Waals surface area (Å²) in [7, 11) is 1.65. The Morgan fingerprint density at radius 2 is 2.04 bits per heavy atom. The SMILES string of the molecule is COc1cccc2c(NCc3cn(C(C)(C)C)nn3)ccnc12. The zero-order chi connectivity index (χ0) is 16.4. The van der Waals surface area contributed by atoms with Crippen molar-refractivity contribution in [3.63, 3.8) is 0 Å². The highest BCUT2D eigenvalue weighted by Gasteiger charge is 2.15. The normalized spacial score (nSPS) is 11.7. The fourth-order valence-electron chi connectivity index (χ4n) is 2.36. The summed E-state index contributed by atoms with van der Waals surface area (Å²) in [6.45, 7) is 6.90. The standard InChI is InChI=1S/C17H21N5O/c1-17(2,3)22-11-12(20-21-22)10-19-14-8-9-18-16-13(14)6-5-7-15(16)23-4/h5-9,11H,10H2,1-4H3,(H,18,19). The molecule has 0 aliphatic heterocycles. The maximum absolute atomic E-state index is 5.37. The van der Waals surface area contributed by atoms with Crippen molar-refractivity contribution < 1.29 is 4.74 Å². The average molecular weight is 311 g/mol. The zero-order valence-electron chi connectivity index (χ0n) is 13.9. The number of aromatic nitrogens is 4. The monoisotopic (exact) mass is 311 g/mol. The molecule has 0 unspecified atom stereocenters. The van der Waals surface area contributed by atoms with Gasteiger partial charge < -0.3 is 10.1 Å². The molecule has 1 N–H and O–H groups in total. The molecular weight excluding hydrogens is 290 g/mol. The van der Waals surface area contributed by atoms with E-state index in [1.807, 2.05) is 35.1 Å². The number of hydrogen-bond acceptors (Lipinski definition) is 5. The van der Waals surface area contributed by atoms with E-state index in [4.69, 9.17) is 4.74 Å². The van der Waals surface area contributed by atoms with Gasteiger partial charge in [0.2, 0.25) is 0 Å². The van der Waals surface area contributed by atoms with Crippen LogP contribution >= 0.6 is 0 Å². The van der Waals surface area contributed by atoms with Crippen LogP contribution in [0.3, 0.4) is 0 Å². The molecule has 0 spiro atoms. The Hall–Kier alpha value is -2.63. The largest absolute Gasteiger partial charge is 0.494 e. The Labute approximate surface area is 135 Å². The summed E-state index contributed by atoms with van der Waals surface area (Å²) >= 11 is 0. The van der Waals surface area contributed by atoms with Gasteiger partial charge in [0.25, 0.3) is 0 Å². The second-order valence-corrected chi connectivity index (χ2v) is 6.39. The lowest BCUT2D eigenvalue weighted by Gasteiger charge is -2.17. The highest BCUT2D eigenvalue weighted by molar-refractivity contribution is 5.94. The van der Waals surface area contributed by atoms with Crippen molar-refractivity contribution in [1.29, 1.82) is 0 Å². The van der Waals surface area contributed by atoms with E-state index in [9.17, 15) is 0 Å². The number of ether oxygens (including phenoxy) is 1. The van der Waals surface area contributed by atoms with Crippen LogP contribution in [0.15, 0.2) is 36.7 Å². The first-order chi connectivity index (χ1) is 11.0. The van der Waals surface area contributed by atoms with Crippen molar-refractivity contribution in [2.24, 2.45) is 0 Å². The van der Waals surface area contributed by atoms with Crippen molar-refractivity contribution in [3.05, 3.63) is 42.4 Å². The maximum Gasteiger partial charge on any atom is 0.145 e. The van der Waals surface area contributed by atoms with Gasteiger partial charge in [-0.1, -0.05) is 17.3 Å². The molecule has 2 heterocycles. The Kier molecular flexibility index (Phi) is 3.90. The number of methoxy groups -OCH3 is 1. The molecule has 1 aromatic carbocycles. The van der Waals surface area contributed by atoms with Gasteiger partial charge in [-0.2, -0.15) is 0 Å². The molecule has 120 valence electrons. The Bertz CT molecular complexity index is 819. The molecule has 23 heavy (non-hydrogen) atoms. The van der Waals surface area contributed by atoms with Gasteiger partial charge in [-0.3, -0.25) is 4.98 Å². The van der Waals surface area contributed by atoms with Crippen LogP contribution in [0.4, 0.5) is 5.69 Å². The fraction of sp³-hybridized carbons (Fsp3) is 0.353. The van der Waals surface area contributed by atoms with Crippen LogP contribution in [0.5, 0.6) is 5.75 Å². The summed E-state index contributed by atoms with van der Waals surface area (Å²) in [6, 6.07) is 7.85. The second-order valence-electron chi connectivity index (χ2n) is 6.39. The molecule has 3 aromatic rings. The van der Waals surface area contributed by atoms with Crippen LogP contribution in [-0.2, 0) is 12.1 Å². The van der Waals surface area contributed by atoms with E-state index in [1.54, 1.807) is 13.3 Å². The van der Waals surface area contributed by atoms with Gasteiger partial charge in [-0.25, -0.2) is 4.68 Å². The number of para-hydroxylation sites is 1.